The molecule has 2 aliphatic carbocycles. The molecule has 1 aromatic rings. The van der Waals surface area contributed by atoms with Gasteiger partial charge in [-0.25, -0.2) is 4.39 Å². The second-order valence-corrected chi connectivity index (χ2v) is 6.50. The van der Waals surface area contributed by atoms with Crippen LogP contribution < -0.4 is 0 Å². The van der Waals surface area contributed by atoms with Crippen LogP contribution in [0.5, 0.6) is 0 Å². The topological polar surface area (TPSA) is 23.5 Å². The fourth-order valence-corrected chi connectivity index (χ4v) is 2.74. The number of aliphatic hydroxyl groups is 1. The fourth-order valence-electron chi connectivity index (χ4n) is 2.74. The lowest BCUT2D eigenvalue weighted by Crippen LogP contribution is -2.30. The Kier molecular flexibility index (Phi) is 4.37. The molecule has 0 spiro atoms. The van der Waals surface area contributed by atoms with E-state index >= 15 is 0 Å². The lowest BCUT2D eigenvalue weighted by molar-refractivity contribution is 0.138. The summed E-state index contributed by atoms with van der Waals surface area (Å²) in [5.41, 5.74) is 0.823. The molecular weight excluding hydrogens is 253 g/mol. The summed E-state index contributed by atoms with van der Waals surface area (Å²) < 4.78 is 12.9. The molecule has 20 heavy (non-hydrogen) atoms. The number of nitrogens with zero attached hydrogens (tertiary/aromatic N) is 1. The summed E-state index contributed by atoms with van der Waals surface area (Å²) in [5, 5.41) is 10.2. The summed E-state index contributed by atoms with van der Waals surface area (Å²) in [5.74, 6) is 1.55. The Labute approximate surface area is 120 Å². The van der Waals surface area contributed by atoms with Gasteiger partial charge >= 0.3 is 0 Å². The number of aliphatic hydroxyl groups excluding tert-OH is 1. The number of hydrogen-bond acceptors (Lipinski definition) is 2. The molecular formula is C17H24FNO. The standard InChI is InChI=1S/C17H24FNO/c18-16-7-5-15(6-8-16)17(20)9-10-19(11-13-1-2-13)12-14-3-4-14/h5-8,13-14,17,20H,1-4,9-12H2. The zero-order valence-corrected chi connectivity index (χ0v) is 12.0. The molecule has 1 N–H and O–H groups in total. The Bertz CT molecular complexity index is 411. The SMILES string of the molecule is OC(CCN(CC1CC1)CC1CC1)c1ccc(F)cc1. The molecule has 2 saturated carbocycles. The van der Waals surface area contributed by atoms with E-state index < -0.39 is 6.10 Å². The van der Waals surface area contributed by atoms with Gasteiger partial charge in [0.25, 0.3) is 0 Å². The van der Waals surface area contributed by atoms with E-state index in [1.807, 2.05) is 0 Å². The molecule has 0 amide bonds. The van der Waals surface area contributed by atoms with Crippen LogP contribution in [0.15, 0.2) is 24.3 Å². The monoisotopic (exact) mass is 277 g/mol. The Morgan fingerprint density at radius 3 is 2.10 bits per heavy atom. The van der Waals surface area contributed by atoms with Crippen molar-refractivity contribution in [2.24, 2.45) is 11.8 Å². The Morgan fingerprint density at radius 1 is 1.05 bits per heavy atom. The van der Waals surface area contributed by atoms with E-state index in [2.05, 4.69) is 4.90 Å². The van der Waals surface area contributed by atoms with Crippen molar-refractivity contribution in [1.82, 2.24) is 4.90 Å². The first kappa shape index (κ1) is 14.0. The summed E-state index contributed by atoms with van der Waals surface area (Å²) in [4.78, 5) is 2.53. The van der Waals surface area contributed by atoms with E-state index in [1.54, 1.807) is 12.1 Å². The van der Waals surface area contributed by atoms with Gasteiger partial charge in [0.05, 0.1) is 6.10 Å². The summed E-state index contributed by atoms with van der Waals surface area (Å²) in [7, 11) is 0. The average Bonchev–Trinajstić information content (AvgIpc) is 3.32. The first-order valence-corrected chi connectivity index (χ1v) is 7.86. The van der Waals surface area contributed by atoms with Crippen LogP contribution in [-0.4, -0.2) is 29.6 Å². The maximum Gasteiger partial charge on any atom is 0.123 e. The van der Waals surface area contributed by atoms with Crippen molar-refractivity contribution < 1.29 is 9.50 Å². The van der Waals surface area contributed by atoms with Crippen LogP contribution >= 0.6 is 0 Å². The van der Waals surface area contributed by atoms with Gasteiger partial charge in [0.2, 0.25) is 0 Å². The Morgan fingerprint density at radius 2 is 1.60 bits per heavy atom. The van der Waals surface area contributed by atoms with E-state index in [-0.39, 0.29) is 5.82 Å². The second-order valence-electron chi connectivity index (χ2n) is 6.50. The molecule has 2 aliphatic rings. The van der Waals surface area contributed by atoms with Crippen LogP contribution in [0.3, 0.4) is 0 Å². The van der Waals surface area contributed by atoms with E-state index in [4.69, 9.17) is 0 Å². The summed E-state index contributed by atoms with van der Waals surface area (Å²) in [6, 6.07) is 6.22. The third-order valence-electron chi connectivity index (χ3n) is 4.40. The minimum Gasteiger partial charge on any atom is -0.388 e. The van der Waals surface area contributed by atoms with Crippen molar-refractivity contribution >= 4 is 0 Å². The highest BCUT2D eigenvalue weighted by atomic mass is 19.1. The van der Waals surface area contributed by atoms with Crippen LogP contribution in [0.2, 0.25) is 0 Å². The zero-order chi connectivity index (χ0) is 13.9. The molecule has 1 aromatic carbocycles. The minimum atomic E-state index is -0.475. The van der Waals surface area contributed by atoms with Crippen molar-refractivity contribution in [3.8, 4) is 0 Å². The van der Waals surface area contributed by atoms with Crippen molar-refractivity contribution in [3.05, 3.63) is 35.6 Å². The molecule has 3 heteroatoms. The normalized spacial score (nSPS) is 20.4. The molecule has 3 rings (SSSR count). The van der Waals surface area contributed by atoms with Gasteiger partial charge in [-0.2, -0.15) is 0 Å². The molecule has 1 atom stereocenters. The van der Waals surface area contributed by atoms with Gasteiger partial charge in [0.1, 0.15) is 5.82 Å². The number of hydrogen-bond donors (Lipinski definition) is 1. The van der Waals surface area contributed by atoms with Crippen LogP contribution in [0.4, 0.5) is 4.39 Å². The second kappa shape index (κ2) is 6.23. The third kappa shape index (κ3) is 4.29. The molecule has 1 unspecified atom stereocenters. The maximum atomic E-state index is 12.9. The molecule has 0 radical (unpaired) electrons. The smallest absolute Gasteiger partial charge is 0.123 e. The van der Waals surface area contributed by atoms with Gasteiger partial charge in [-0.3, -0.25) is 0 Å². The van der Waals surface area contributed by atoms with Crippen LogP contribution in [0.1, 0.15) is 43.8 Å². The first-order chi connectivity index (χ1) is 9.70. The zero-order valence-electron chi connectivity index (χ0n) is 12.0. The first-order valence-electron chi connectivity index (χ1n) is 7.86. The minimum absolute atomic E-state index is 0.245. The molecule has 0 aromatic heterocycles. The van der Waals surface area contributed by atoms with E-state index in [0.29, 0.717) is 0 Å². The molecule has 110 valence electrons. The van der Waals surface area contributed by atoms with Gasteiger partial charge < -0.3 is 10.0 Å². The van der Waals surface area contributed by atoms with Gasteiger partial charge in [-0.05, 0) is 61.6 Å². The molecule has 0 aliphatic heterocycles. The van der Waals surface area contributed by atoms with E-state index in [9.17, 15) is 9.50 Å². The van der Waals surface area contributed by atoms with Gasteiger partial charge in [-0.15, -0.1) is 0 Å². The molecule has 0 heterocycles. The number of rotatable bonds is 8. The van der Waals surface area contributed by atoms with Crippen molar-refractivity contribution in [2.75, 3.05) is 19.6 Å². The van der Waals surface area contributed by atoms with Crippen LogP contribution in [-0.2, 0) is 0 Å². The highest BCUT2D eigenvalue weighted by molar-refractivity contribution is 5.18. The predicted molar refractivity (Wildman–Crippen MR) is 77.9 cm³/mol. The third-order valence-corrected chi connectivity index (χ3v) is 4.40. The van der Waals surface area contributed by atoms with Crippen LogP contribution in [0.25, 0.3) is 0 Å². The summed E-state index contributed by atoms with van der Waals surface area (Å²) in [6.07, 6.45) is 5.77. The van der Waals surface area contributed by atoms with Crippen molar-refractivity contribution in [1.29, 1.82) is 0 Å². The lowest BCUT2D eigenvalue weighted by Gasteiger charge is -2.23. The molecule has 0 saturated heterocycles. The Balaban J connectivity index is 1.48. The van der Waals surface area contributed by atoms with E-state index in [1.165, 1.54) is 50.9 Å². The molecule has 2 fully saturated rings. The van der Waals surface area contributed by atoms with Crippen molar-refractivity contribution in [2.45, 2.75) is 38.2 Å². The van der Waals surface area contributed by atoms with Gasteiger partial charge in [0.15, 0.2) is 0 Å². The lowest BCUT2D eigenvalue weighted by atomic mass is 10.1. The number of halogens is 1. The number of benzene rings is 1. The summed E-state index contributed by atoms with van der Waals surface area (Å²) >= 11 is 0. The highest BCUT2D eigenvalue weighted by Crippen LogP contribution is 2.34. The fraction of sp³-hybridized carbons (Fsp3) is 0.647. The van der Waals surface area contributed by atoms with Gasteiger partial charge in [-0.1, -0.05) is 12.1 Å². The molecule has 0 bridgehead atoms. The van der Waals surface area contributed by atoms with Gasteiger partial charge in [0, 0.05) is 19.6 Å². The quantitative estimate of drug-likeness (QED) is 0.787. The van der Waals surface area contributed by atoms with Crippen LogP contribution in [0, 0.1) is 17.7 Å². The largest absolute Gasteiger partial charge is 0.388 e. The average molecular weight is 277 g/mol. The highest BCUT2D eigenvalue weighted by Gasteiger charge is 2.29. The molecule has 2 nitrogen and oxygen atoms in total. The summed E-state index contributed by atoms with van der Waals surface area (Å²) in [6.45, 7) is 3.35. The van der Waals surface area contributed by atoms with E-state index in [0.717, 1.165) is 30.4 Å². The predicted octanol–water partition coefficient (Wildman–Crippen LogP) is 3.37. The van der Waals surface area contributed by atoms with Crippen molar-refractivity contribution in [3.63, 3.8) is 0 Å². The Hall–Kier alpha value is -0.930. The maximum absolute atomic E-state index is 12.9.